The molecule has 2 aromatic rings. The zero-order chi connectivity index (χ0) is 19.5. The highest BCUT2D eigenvalue weighted by molar-refractivity contribution is 8.18. The summed E-state index contributed by atoms with van der Waals surface area (Å²) in [4.78, 5) is 20.1. The van der Waals surface area contributed by atoms with E-state index in [0.717, 1.165) is 42.2 Å². The molecular formula is C22H22N2O3S. The summed E-state index contributed by atoms with van der Waals surface area (Å²) in [6.07, 6.45) is 3.74. The van der Waals surface area contributed by atoms with Gasteiger partial charge in [-0.15, -0.1) is 0 Å². The van der Waals surface area contributed by atoms with Gasteiger partial charge in [0.15, 0.2) is 5.17 Å². The van der Waals surface area contributed by atoms with Gasteiger partial charge in [0.05, 0.1) is 24.3 Å². The lowest BCUT2D eigenvalue weighted by Crippen LogP contribution is -2.29. The number of amidine groups is 1. The number of methoxy groups -OCH3 is 1. The number of thioether (sulfide) groups is 1. The molecule has 4 rings (SSSR count). The summed E-state index contributed by atoms with van der Waals surface area (Å²) in [7, 11) is 1.64. The minimum absolute atomic E-state index is 0.0101. The summed E-state index contributed by atoms with van der Waals surface area (Å²) in [5, 5.41) is 0.716. The van der Waals surface area contributed by atoms with Gasteiger partial charge in [0.2, 0.25) is 0 Å². The summed E-state index contributed by atoms with van der Waals surface area (Å²) in [6.45, 7) is 3.44. The Kier molecular flexibility index (Phi) is 5.39. The van der Waals surface area contributed by atoms with E-state index in [9.17, 15) is 4.79 Å². The number of benzene rings is 2. The Morgan fingerprint density at radius 3 is 2.82 bits per heavy atom. The van der Waals surface area contributed by atoms with Crippen LogP contribution in [0, 0.1) is 0 Å². The van der Waals surface area contributed by atoms with Gasteiger partial charge in [-0.1, -0.05) is 13.0 Å². The molecule has 0 radical (unpaired) electrons. The van der Waals surface area contributed by atoms with Gasteiger partial charge in [0.25, 0.3) is 5.91 Å². The van der Waals surface area contributed by atoms with Crippen LogP contribution in [0.2, 0.25) is 0 Å². The molecule has 0 unspecified atom stereocenters. The number of nitrogens with zero attached hydrogens (tertiary/aromatic N) is 2. The first-order chi connectivity index (χ1) is 13.7. The lowest BCUT2D eigenvalue weighted by Gasteiger charge is -2.14. The molecule has 1 fully saturated rings. The Morgan fingerprint density at radius 1 is 1.25 bits per heavy atom. The predicted molar refractivity (Wildman–Crippen MR) is 113 cm³/mol. The molecule has 0 bridgehead atoms. The Bertz CT molecular complexity index is 951. The fourth-order valence-corrected chi connectivity index (χ4v) is 4.25. The monoisotopic (exact) mass is 394 g/mol. The van der Waals surface area contributed by atoms with Crippen LogP contribution in [-0.2, 0) is 11.2 Å². The van der Waals surface area contributed by atoms with Crippen LogP contribution >= 0.6 is 11.8 Å². The molecule has 0 saturated carbocycles. The van der Waals surface area contributed by atoms with Crippen molar-refractivity contribution in [2.24, 2.45) is 4.99 Å². The highest BCUT2D eigenvalue weighted by atomic mass is 32.2. The average molecular weight is 394 g/mol. The molecule has 0 spiro atoms. The van der Waals surface area contributed by atoms with E-state index in [1.54, 1.807) is 12.0 Å². The van der Waals surface area contributed by atoms with Gasteiger partial charge < -0.3 is 9.47 Å². The van der Waals surface area contributed by atoms with E-state index in [-0.39, 0.29) is 5.91 Å². The fraction of sp³-hybridized carbons (Fsp3) is 0.273. The molecule has 5 nitrogen and oxygen atoms in total. The third-order valence-corrected chi connectivity index (χ3v) is 5.65. The van der Waals surface area contributed by atoms with Crippen molar-refractivity contribution >= 4 is 34.6 Å². The first-order valence-corrected chi connectivity index (χ1v) is 10.2. The number of hydrogen-bond acceptors (Lipinski definition) is 5. The van der Waals surface area contributed by atoms with Crippen LogP contribution in [0.3, 0.4) is 0 Å². The minimum atomic E-state index is 0.0101. The quantitative estimate of drug-likeness (QED) is 0.693. The number of amides is 1. The maximum atomic E-state index is 12.9. The van der Waals surface area contributed by atoms with Crippen molar-refractivity contribution in [3.63, 3.8) is 0 Å². The Balaban J connectivity index is 1.62. The van der Waals surface area contributed by atoms with Crippen LogP contribution in [-0.4, -0.2) is 36.2 Å². The average Bonchev–Trinajstić information content (AvgIpc) is 3.29. The largest absolute Gasteiger partial charge is 0.497 e. The van der Waals surface area contributed by atoms with E-state index < -0.39 is 0 Å². The molecule has 2 heterocycles. The summed E-state index contributed by atoms with van der Waals surface area (Å²) in [6, 6.07) is 13.6. The lowest BCUT2D eigenvalue weighted by molar-refractivity contribution is -0.122. The molecule has 1 saturated heterocycles. The standard InChI is InChI=1S/C22H22N2O3S/c1-3-11-24-21(25)20(14-15-4-9-19-16(13-15)10-12-27-19)28-22(24)23-17-5-7-18(26-2)8-6-17/h4-9,13-14H,3,10-12H2,1-2H3/b20-14-,23-22?. The number of aliphatic imine (C=N–C) groups is 1. The van der Waals surface area contributed by atoms with Crippen molar-refractivity contribution in [2.75, 3.05) is 20.3 Å². The van der Waals surface area contributed by atoms with Gasteiger partial charge in [-0.25, -0.2) is 4.99 Å². The van der Waals surface area contributed by atoms with Crippen molar-refractivity contribution in [1.29, 1.82) is 0 Å². The second kappa shape index (κ2) is 8.10. The maximum absolute atomic E-state index is 12.9. The molecule has 0 atom stereocenters. The summed E-state index contributed by atoms with van der Waals surface area (Å²) in [5.41, 5.74) is 3.01. The zero-order valence-electron chi connectivity index (χ0n) is 16.0. The molecule has 0 aliphatic carbocycles. The van der Waals surface area contributed by atoms with Crippen LogP contribution in [0.4, 0.5) is 5.69 Å². The Labute approximate surface area is 169 Å². The molecule has 2 aliphatic rings. The SMILES string of the molecule is CCCN1C(=O)/C(=C/c2ccc3c(c2)CCO3)SC1=Nc1ccc(OC)cc1. The van der Waals surface area contributed by atoms with E-state index in [4.69, 9.17) is 14.5 Å². The highest BCUT2D eigenvalue weighted by Gasteiger charge is 2.32. The molecule has 2 aliphatic heterocycles. The van der Waals surface area contributed by atoms with Crippen LogP contribution in [0.15, 0.2) is 52.4 Å². The molecule has 0 N–H and O–H groups in total. The number of fused-ring (bicyclic) bond motifs is 1. The van der Waals surface area contributed by atoms with E-state index in [2.05, 4.69) is 13.0 Å². The number of carbonyl (C=O) groups excluding carboxylic acids is 1. The second-order valence-electron chi connectivity index (χ2n) is 6.63. The van der Waals surface area contributed by atoms with Crippen LogP contribution in [0.5, 0.6) is 11.5 Å². The van der Waals surface area contributed by atoms with Crippen molar-refractivity contribution in [3.05, 3.63) is 58.5 Å². The van der Waals surface area contributed by atoms with E-state index in [0.29, 0.717) is 16.6 Å². The van der Waals surface area contributed by atoms with E-state index in [1.165, 1.54) is 17.3 Å². The molecule has 28 heavy (non-hydrogen) atoms. The van der Waals surface area contributed by atoms with Gasteiger partial charge in [-0.2, -0.15) is 0 Å². The number of ether oxygens (including phenoxy) is 2. The normalized spacial score (nSPS) is 18.6. The first-order valence-electron chi connectivity index (χ1n) is 9.38. The van der Waals surface area contributed by atoms with Crippen LogP contribution in [0.25, 0.3) is 6.08 Å². The molecule has 0 aromatic heterocycles. The van der Waals surface area contributed by atoms with Gasteiger partial charge in [0.1, 0.15) is 11.5 Å². The topological polar surface area (TPSA) is 51.1 Å². The lowest BCUT2D eigenvalue weighted by atomic mass is 10.1. The summed E-state index contributed by atoms with van der Waals surface area (Å²) >= 11 is 1.42. The highest BCUT2D eigenvalue weighted by Crippen LogP contribution is 2.35. The number of carbonyl (C=O) groups is 1. The molecule has 1 amide bonds. The van der Waals surface area contributed by atoms with Gasteiger partial charge in [-0.05, 0) is 71.8 Å². The molecule has 2 aromatic carbocycles. The van der Waals surface area contributed by atoms with E-state index >= 15 is 0 Å². The second-order valence-corrected chi connectivity index (χ2v) is 7.63. The van der Waals surface area contributed by atoms with Crippen LogP contribution < -0.4 is 9.47 Å². The Hall–Kier alpha value is -2.73. The van der Waals surface area contributed by atoms with Crippen molar-refractivity contribution in [2.45, 2.75) is 19.8 Å². The third kappa shape index (κ3) is 3.78. The van der Waals surface area contributed by atoms with Gasteiger partial charge >= 0.3 is 0 Å². The summed E-state index contributed by atoms with van der Waals surface area (Å²) in [5.74, 6) is 1.74. The van der Waals surface area contributed by atoms with E-state index in [1.807, 2.05) is 42.5 Å². The fourth-order valence-electron chi connectivity index (χ4n) is 3.23. The molecule has 6 heteroatoms. The Morgan fingerprint density at radius 2 is 2.07 bits per heavy atom. The van der Waals surface area contributed by atoms with Crippen molar-refractivity contribution in [1.82, 2.24) is 4.90 Å². The molecular weight excluding hydrogens is 372 g/mol. The van der Waals surface area contributed by atoms with Crippen molar-refractivity contribution in [3.8, 4) is 11.5 Å². The predicted octanol–water partition coefficient (Wildman–Crippen LogP) is 4.64. The molecule has 144 valence electrons. The summed E-state index contributed by atoms with van der Waals surface area (Å²) < 4.78 is 10.8. The van der Waals surface area contributed by atoms with Gasteiger partial charge in [0, 0.05) is 13.0 Å². The minimum Gasteiger partial charge on any atom is -0.497 e. The van der Waals surface area contributed by atoms with Gasteiger partial charge in [-0.3, -0.25) is 9.69 Å². The van der Waals surface area contributed by atoms with Crippen molar-refractivity contribution < 1.29 is 14.3 Å². The number of hydrogen-bond donors (Lipinski definition) is 0. The first kappa shape index (κ1) is 18.6. The number of rotatable bonds is 5. The third-order valence-electron chi connectivity index (χ3n) is 4.64. The maximum Gasteiger partial charge on any atom is 0.266 e. The zero-order valence-corrected chi connectivity index (χ0v) is 16.8. The smallest absolute Gasteiger partial charge is 0.266 e. The van der Waals surface area contributed by atoms with Crippen LogP contribution in [0.1, 0.15) is 24.5 Å².